The van der Waals surface area contributed by atoms with Gasteiger partial charge in [-0.15, -0.1) is 0 Å². The van der Waals surface area contributed by atoms with E-state index in [1.54, 1.807) is 24.1 Å². The van der Waals surface area contributed by atoms with Gasteiger partial charge in [-0.05, 0) is 25.8 Å². The molecule has 2 aromatic heterocycles. The van der Waals surface area contributed by atoms with Crippen molar-refractivity contribution in [1.82, 2.24) is 9.97 Å². The van der Waals surface area contributed by atoms with Gasteiger partial charge in [-0.3, -0.25) is 0 Å². The molecule has 1 aliphatic rings. The minimum absolute atomic E-state index is 0.512. The van der Waals surface area contributed by atoms with Gasteiger partial charge in [-0.1, -0.05) is 23.4 Å². The molecule has 5 heteroatoms. The first-order chi connectivity index (χ1) is 8.22. The Balaban J connectivity index is 1.89. The van der Waals surface area contributed by atoms with Crippen LogP contribution < -0.4 is 0 Å². The molecule has 0 aliphatic heterocycles. The molecule has 0 unspecified atom stereocenters. The van der Waals surface area contributed by atoms with Crippen molar-refractivity contribution in [2.45, 2.75) is 35.6 Å². The van der Waals surface area contributed by atoms with Crippen molar-refractivity contribution in [1.29, 1.82) is 0 Å². The zero-order valence-corrected chi connectivity index (χ0v) is 10.9. The molecule has 1 saturated carbocycles. The van der Waals surface area contributed by atoms with Gasteiger partial charge in [0.2, 0.25) is 0 Å². The van der Waals surface area contributed by atoms with Gasteiger partial charge in [0.15, 0.2) is 0 Å². The number of halogens is 1. The van der Waals surface area contributed by atoms with Crippen molar-refractivity contribution in [3.63, 3.8) is 0 Å². The average molecular weight is 267 g/mol. The fourth-order valence-corrected chi connectivity index (χ4v) is 2.69. The zero-order chi connectivity index (χ0) is 11.8. The Kier molecular flexibility index (Phi) is 2.84. The van der Waals surface area contributed by atoms with E-state index in [1.165, 1.54) is 12.8 Å². The lowest BCUT2D eigenvalue weighted by Gasteiger charge is -2.03. The van der Waals surface area contributed by atoms with Gasteiger partial charge in [0, 0.05) is 12.0 Å². The molecule has 0 aromatic carbocycles. The maximum atomic E-state index is 6.01. The summed E-state index contributed by atoms with van der Waals surface area (Å²) in [5, 5.41) is 1.40. The van der Waals surface area contributed by atoms with Crippen LogP contribution in [0.4, 0.5) is 0 Å². The molecule has 2 aromatic rings. The van der Waals surface area contributed by atoms with Crippen molar-refractivity contribution >= 4 is 23.4 Å². The van der Waals surface area contributed by atoms with Gasteiger partial charge >= 0.3 is 0 Å². The summed E-state index contributed by atoms with van der Waals surface area (Å²) in [5.41, 5.74) is 0. The standard InChI is InChI=1S/C12H11ClN2OS/c1-7-9(4-5-16-7)17-11-6-10(13)14-12(15-11)8-2-3-8/h4-6,8H,2-3H2,1H3. The molecule has 1 fully saturated rings. The van der Waals surface area contributed by atoms with Crippen molar-refractivity contribution in [3.05, 3.63) is 35.1 Å². The minimum atomic E-state index is 0.512. The van der Waals surface area contributed by atoms with Crippen LogP contribution in [0.2, 0.25) is 5.15 Å². The van der Waals surface area contributed by atoms with Crippen molar-refractivity contribution in [2.24, 2.45) is 0 Å². The minimum Gasteiger partial charge on any atom is -0.468 e. The van der Waals surface area contributed by atoms with Crippen LogP contribution in [0, 0.1) is 6.92 Å². The molecular formula is C12H11ClN2OS. The van der Waals surface area contributed by atoms with Crippen molar-refractivity contribution in [2.75, 3.05) is 0 Å². The lowest BCUT2D eigenvalue weighted by molar-refractivity contribution is 0.527. The van der Waals surface area contributed by atoms with Crippen LogP contribution in [0.25, 0.3) is 0 Å². The summed E-state index contributed by atoms with van der Waals surface area (Å²) in [6, 6.07) is 3.73. The summed E-state index contributed by atoms with van der Waals surface area (Å²) < 4.78 is 5.26. The molecule has 3 rings (SSSR count). The van der Waals surface area contributed by atoms with Gasteiger partial charge in [-0.2, -0.15) is 0 Å². The lowest BCUT2D eigenvalue weighted by atomic mass is 10.4. The summed E-state index contributed by atoms with van der Waals surface area (Å²) >= 11 is 7.58. The quantitative estimate of drug-likeness (QED) is 0.786. The normalized spacial score (nSPS) is 15.2. The Morgan fingerprint density at radius 1 is 1.41 bits per heavy atom. The van der Waals surface area contributed by atoms with E-state index in [-0.39, 0.29) is 0 Å². The molecule has 17 heavy (non-hydrogen) atoms. The summed E-state index contributed by atoms with van der Waals surface area (Å²) in [6.45, 7) is 1.94. The van der Waals surface area contributed by atoms with Crippen molar-refractivity contribution < 1.29 is 4.42 Å². The monoisotopic (exact) mass is 266 g/mol. The molecule has 0 N–H and O–H groups in total. The van der Waals surface area contributed by atoms with E-state index >= 15 is 0 Å². The van der Waals surface area contributed by atoms with Crippen molar-refractivity contribution in [3.8, 4) is 0 Å². The summed E-state index contributed by atoms with van der Waals surface area (Å²) in [5.74, 6) is 2.29. The molecule has 1 aliphatic carbocycles. The summed E-state index contributed by atoms with van der Waals surface area (Å²) in [7, 11) is 0. The number of nitrogens with zero attached hydrogens (tertiary/aromatic N) is 2. The Labute approximate surface area is 109 Å². The van der Waals surface area contributed by atoms with Crippen LogP contribution in [-0.2, 0) is 0 Å². The second kappa shape index (κ2) is 4.35. The van der Waals surface area contributed by atoms with E-state index in [0.717, 1.165) is 21.5 Å². The second-order valence-electron chi connectivity index (χ2n) is 4.10. The number of aromatic nitrogens is 2. The molecule has 0 radical (unpaired) electrons. The molecule has 0 atom stereocenters. The van der Waals surface area contributed by atoms with E-state index in [2.05, 4.69) is 9.97 Å². The molecule has 88 valence electrons. The average Bonchev–Trinajstić information content (AvgIpc) is 3.05. The van der Waals surface area contributed by atoms with Crippen LogP contribution >= 0.6 is 23.4 Å². The molecule has 0 bridgehead atoms. The predicted molar refractivity (Wildman–Crippen MR) is 66.6 cm³/mol. The number of hydrogen-bond donors (Lipinski definition) is 0. The number of aryl methyl sites for hydroxylation is 1. The molecular weight excluding hydrogens is 256 g/mol. The van der Waals surface area contributed by atoms with E-state index in [0.29, 0.717) is 11.1 Å². The van der Waals surface area contributed by atoms with Crippen LogP contribution in [0.1, 0.15) is 30.3 Å². The van der Waals surface area contributed by atoms with E-state index < -0.39 is 0 Å². The molecule has 2 heterocycles. The summed E-state index contributed by atoms with van der Waals surface area (Å²) in [6.07, 6.45) is 4.03. The number of hydrogen-bond acceptors (Lipinski definition) is 4. The highest BCUT2D eigenvalue weighted by Gasteiger charge is 2.27. The first kappa shape index (κ1) is 11.1. The van der Waals surface area contributed by atoms with Gasteiger partial charge in [0.05, 0.1) is 11.2 Å². The topological polar surface area (TPSA) is 38.9 Å². The second-order valence-corrected chi connectivity index (χ2v) is 5.55. The van der Waals surface area contributed by atoms with Gasteiger partial charge in [-0.25, -0.2) is 9.97 Å². The van der Waals surface area contributed by atoms with Crippen LogP contribution in [-0.4, -0.2) is 9.97 Å². The lowest BCUT2D eigenvalue weighted by Crippen LogP contribution is -1.94. The Bertz CT molecular complexity index is 551. The Morgan fingerprint density at radius 3 is 2.88 bits per heavy atom. The van der Waals surface area contributed by atoms with E-state index in [4.69, 9.17) is 16.0 Å². The summed E-state index contributed by atoms with van der Waals surface area (Å²) in [4.78, 5) is 9.87. The number of furan rings is 1. The Morgan fingerprint density at radius 2 is 2.24 bits per heavy atom. The third-order valence-electron chi connectivity index (χ3n) is 2.66. The predicted octanol–water partition coefficient (Wildman–Crippen LogP) is 4.06. The van der Waals surface area contributed by atoms with Crippen LogP contribution in [0.15, 0.2) is 32.7 Å². The third-order valence-corrected chi connectivity index (χ3v) is 3.91. The largest absolute Gasteiger partial charge is 0.468 e. The SMILES string of the molecule is Cc1occc1Sc1cc(Cl)nc(C2CC2)n1. The molecule has 0 saturated heterocycles. The molecule has 3 nitrogen and oxygen atoms in total. The third kappa shape index (κ3) is 2.48. The highest BCUT2D eigenvalue weighted by Crippen LogP contribution is 2.40. The highest BCUT2D eigenvalue weighted by molar-refractivity contribution is 7.99. The molecule has 0 amide bonds. The first-order valence-electron chi connectivity index (χ1n) is 5.49. The Hall–Kier alpha value is -1.00. The maximum absolute atomic E-state index is 6.01. The number of rotatable bonds is 3. The smallest absolute Gasteiger partial charge is 0.134 e. The van der Waals surface area contributed by atoms with Gasteiger partial charge < -0.3 is 4.42 Å². The van der Waals surface area contributed by atoms with Gasteiger partial charge in [0.1, 0.15) is 21.8 Å². The maximum Gasteiger partial charge on any atom is 0.134 e. The van der Waals surface area contributed by atoms with Crippen LogP contribution in [0.5, 0.6) is 0 Å². The fraction of sp³-hybridized carbons (Fsp3) is 0.333. The van der Waals surface area contributed by atoms with Gasteiger partial charge in [0.25, 0.3) is 0 Å². The fourth-order valence-electron chi connectivity index (χ4n) is 1.58. The first-order valence-corrected chi connectivity index (χ1v) is 6.68. The van der Waals surface area contributed by atoms with Crippen LogP contribution in [0.3, 0.4) is 0 Å². The zero-order valence-electron chi connectivity index (χ0n) is 9.31. The van der Waals surface area contributed by atoms with E-state index in [9.17, 15) is 0 Å². The van der Waals surface area contributed by atoms with E-state index in [1.807, 2.05) is 13.0 Å². The molecule has 0 spiro atoms. The highest BCUT2D eigenvalue weighted by atomic mass is 35.5.